The molecule has 0 bridgehead atoms. The molecule has 1 aromatic heterocycles. The lowest BCUT2D eigenvalue weighted by Crippen LogP contribution is -2.46. The van der Waals surface area contributed by atoms with Crippen molar-refractivity contribution in [3.8, 4) is 0 Å². The number of aromatic nitrogens is 1. The summed E-state index contributed by atoms with van der Waals surface area (Å²) in [5.74, 6) is 0.572. The Balaban J connectivity index is 1.96. The Hall–Kier alpha value is -0.540. The zero-order valence-electron chi connectivity index (χ0n) is 12.6. The third-order valence-corrected chi connectivity index (χ3v) is 6.37. The van der Waals surface area contributed by atoms with Crippen molar-refractivity contribution in [2.45, 2.75) is 32.2 Å². The van der Waals surface area contributed by atoms with Crippen LogP contribution in [0.25, 0.3) is 0 Å². The Morgan fingerprint density at radius 2 is 2.19 bits per heavy atom. The lowest BCUT2D eigenvalue weighted by molar-refractivity contribution is 0.267. The number of thiazole rings is 1. The summed E-state index contributed by atoms with van der Waals surface area (Å²) in [6.45, 7) is 4.11. The summed E-state index contributed by atoms with van der Waals surface area (Å²) in [4.78, 5) is 4.22. The van der Waals surface area contributed by atoms with Crippen LogP contribution in [0.5, 0.6) is 0 Å². The van der Waals surface area contributed by atoms with Crippen LogP contribution in [-0.2, 0) is 10.2 Å². The van der Waals surface area contributed by atoms with Crippen LogP contribution in [-0.4, -0.2) is 44.4 Å². The molecule has 1 saturated heterocycles. The topological polar surface area (TPSA) is 74.3 Å². The van der Waals surface area contributed by atoms with Crippen LogP contribution >= 0.6 is 11.3 Å². The van der Waals surface area contributed by atoms with Gasteiger partial charge in [0, 0.05) is 24.7 Å². The maximum atomic E-state index is 12.5. The van der Waals surface area contributed by atoms with Crippen LogP contribution in [0.2, 0.25) is 0 Å². The van der Waals surface area contributed by atoms with E-state index in [4.69, 9.17) is 0 Å². The number of nitrogens with one attached hydrogen (secondary N) is 2. The Morgan fingerprint density at radius 1 is 1.48 bits per heavy atom. The van der Waals surface area contributed by atoms with E-state index in [2.05, 4.69) is 15.0 Å². The second kappa shape index (κ2) is 7.64. The Kier molecular flexibility index (Phi) is 6.12. The van der Waals surface area contributed by atoms with Crippen molar-refractivity contribution in [3.05, 3.63) is 16.6 Å². The van der Waals surface area contributed by atoms with Crippen molar-refractivity contribution < 1.29 is 8.42 Å². The van der Waals surface area contributed by atoms with Gasteiger partial charge >= 0.3 is 0 Å². The molecule has 0 aliphatic carbocycles. The van der Waals surface area contributed by atoms with E-state index in [0.717, 1.165) is 24.4 Å². The molecule has 2 heterocycles. The van der Waals surface area contributed by atoms with Crippen LogP contribution in [0, 0.1) is 5.92 Å². The van der Waals surface area contributed by atoms with Crippen LogP contribution in [0.1, 0.15) is 37.2 Å². The van der Waals surface area contributed by atoms with Gasteiger partial charge in [-0.05, 0) is 38.8 Å². The molecule has 6 nitrogen and oxygen atoms in total. The van der Waals surface area contributed by atoms with Gasteiger partial charge in [-0.3, -0.25) is 0 Å². The van der Waals surface area contributed by atoms with Crippen LogP contribution in [0.15, 0.2) is 11.6 Å². The van der Waals surface area contributed by atoms with Gasteiger partial charge in [0.1, 0.15) is 5.01 Å². The highest BCUT2D eigenvalue weighted by Crippen LogP contribution is 2.23. The van der Waals surface area contributed by atoms with Gasteiger partial charge in [-0.2, -0.15) is 17.4 Å². The summed E-state index contributed by atoms with van der Waals surface area (Å²) in [5.41, 5.74) is 0. The first-order valence-electron chi connectivity index (χ1n) is 7.38. The van der Waals surface area contributed by atoms with E-state index < -0.39 is 10.2 Å². The van der Waals surface area contributed by atoms with E-state index in [1.807, 2.05) is 19.4 Å². The van der Waals surface area contributed by atoms with Crippen molar-refractivity contribution in [3.63, 3.8) is 0 Å². The van der Waals surface area contributed by atoms with Crippen molar-refractivity contribution in [1.82, 2.24) is 19.3 Å². The monoisotopic (exact) mass is 332 g/mol. The lowest BCUT2D eigenvalue weighted by Gasteiger charge is -2.32. The highest BCUT2D eigenvalue weighted by atomic mass is 32.2. The highest BCUT2D eigenvalue weighted by molar-refractivity contribution is 7.87. The molecule has 8 heteroatoms. The molecule has 120 valence electrons. The first kappa shape index (κ1) is 16.8. The van der Waals surface area contributed by atoms with Crippen LogP contribution in [0.4, 0.5) is 0 Å². The average Bonchev–Trinajstić information content (AvgIpc) is 3.00. The maximum absolute atomic E-state index is 12.5. The molecule has 0 aromatic carbocycles. The van der Waals surface area contributed by atoms with Gasteiger partial charge in [-0.15, -0.1) is 11.3 Å². The molecular weight excluding hydrogens is 308 g/mol. The average molecular weight is 332 g/mol. The molecule has 0 amide bonds. The molecule has 2 N–H and O–H groups in total. The summed E-state index contributed by atoms with van der Waals surface area (Å²) in [5, 5.41) is 5.86. The molecule has 1 aliphatic rings. The Labute approximate surface area is 131 Å². The minimum atomic E-state index is -3.43. The summed E-state index contributed by atoms with van der Waals surface area (Å²) >= 11 is 1.49. The van der Waals surface area contributed by atoms with Gasteiger partial charge in [-0.1, -0.05) is 6.92 Å². The molecule has 0 radical (unpaired) electrons. The van der Waals surface area contributed by atoms with Gasteiger partial charge in [0.2, 0.25) is 0 Å². The molecule has 21 heavy (non-hydrogen) atoms. The third kappa shape index (κ3) is 4.46. The van der Waals surface area contributed by atoms with Crippen molar-refractivity contribution in [2.24, 2.45) is 5.92 Å². The second-order valence-corrected chi connectivity index (χ2v) is 7.98. The van der Waals surface area contributed by atoms with E-state index in [0.29, 0.717) is 25.4 Å². The first-order valence-corrected chi connectivity index (χ1v) is 9.70. The number of nitrogens with zero attached hydrogens (tertiary/aromatic N) is 2. The van der Waals surface area contributed by atoms with E-state index in [1.54, 1.807) is 10.5 Å². The van der Waals surface area contributed by atoms with Gasteiger partial charge in [0.25, 0.3) is 10.2 Å². The van der Waals surface area contributed by atoms with E-state index in [1.165, 1.54) is 11.3 Å². The molecule has 1 aromatic rings. The quantitative estimate of drug-likeness (QED) is 0.791. The smallest absolute Gasteiger partial charge is 0.280 e. The van der Waals surface area contributed by atoms with Gasteiger partial charge in [0.15, 0.2) is 0 Å². The fraction of sp³-hybridized carbons (Fsp3) is 0.769. The van der Waals surface area contributed by atoms with E-state index in [-0.39, 0.29) is 6.04 Å². The molecule has 1 unspecified atom stereocenters. The number of rotatable bonds is 7. The number of hydrogen-bond acceptors (Lipinski definition) is 5. The predicted octanol–water partition coefficient (Wildman–Crippen LogP) is 1.36. The molecule has 1 atom stereocenters. The van der Waals surface area contributed by atoms with Crippen molar-refractivity contribution in [2.75, 3.05) is 26.7 Å². The van der Waals surface area contributed by atoms with Crippen LogP contribution < -0.4 is 10.0 Å². The molecule has 2 rings (SSSR count). The van der Waals surface area contributed by atoms with Crippen molar-refractivity contribution >= 4 is 21.5 Å². The molecule has 1 fully saturated rings. The molecule has 0 saturated carbocycles. The van der Waals surface area contributed by atoms with Crippen LogP contribution in [0.3, 0.4) is 0 Å². The predicted molar refractivity (Wildman–Crippen MR) is 85.4 cm³/mol. The third-order valence-electron chi connectivity index (χ3n) is 3.86. The minimum absolute atomic E-state index is 0.231. The molecule has 0 spiro atoms. The zero-order valence-corrected chi connectivity index (χ0v) is 14.2. The Bertz CT molecular complexity index is 510. The largest absolute Gasteiger partial charge is 0.319 e. The minimum Gasteiger partial charge on any atom is -0.319 e. The summed E-state index contributed by atoms with van der Waals surface area (Å²) in [6, 6.07) is -0.231. The number of hydrogen-bond donors (Lipinski definition) is 2. The van der Waals surface area contributed by atoms with Crippen molar-refractivity contribution in [1.29, 1.82) is 0 Å². The Morgan fingerprint density at radius 3 is 2.71 bits per heavy atom. The van der Waals surface area contributed by atoms with Gasteiger partial charge in [-0.25, -0.2) is 4.98 Å². The lowest BCUT2D eigenvalue weighted by atomic mass is 9.98. The summed E-state index contributed by atoms with van der Waals surface area (Å²) in [7, 11) is -1.49. The summed E-state index contributed by atoms with van der Waals surface area (Å²) < 4.78 is 29.3. The summed E-state index contributed by atoms with van der Waals surface area (Å²) in [6.07, 6.45) is 4.23. The first-order chi connectivity index (χ1) is 10.1. The second-order valence-electron chi connectivity index (χ2n) is 5.35. The zero-order chi connectivity index (χ0) is 15.3. The molecular formula is C13H24N4O2S2. The SMILES string of the molecule is CCC(NS(=O)(=O)N1CCC(CNC)CC1)c1nccs1. The highest BCUT2D eigenvalue weighted by Gasteiger charge is 2.30. The fourth-order valence-electron chi connectivity index (χ4n) is 2.61. The van der Waals surface area contributed by atoms with E-state index >= 15 is 0 Å². The standard InChI is InChI=1S/C13H24N4O2S2/c1-3-12(13-15-6-9-20-13)16-21(18,19)17-7-4-11(5-8-17)10-14-2/h6,9,11-12,14,16H,3-5,7-8,10H2,1-2H3. The van der Waals surface area contributed by atoms with Gasteiger partial charge in [0.05, 0.1) is 6.04 Å². The fourth-order valence-corrected chi connectivity index (χ4v) is 4.94. The normalized spacial score (nSPS) is 19.7. The number of piperidine rings is 1. The van der Waals surface area contributed by atoms with Gasteiger partial charge < -0.3 is 5.32 Å². The van der Waals surface area contributed by atoms with E-state index in [9.17, 15) is 8.42 Å². The maximum Gasteiger partial charge on any atom is 0.280 e. The molecule has 1 aliphatic heterocycles.